The van der Waals surface area contributed by atoms with Gasteiger partial charge >= 0.3 is 6.03 Å². The van der Waals surface area contributed by atoms with Gasteiger partial charge in [0, 0.05) is 30.7 Å². The Morgan fingerprint density at radius 3 is 2.15 bits per heavy atom. The molecule has 2 heterocycles. The lowest BCUT2D eigenvalue weighted by atomic mass is 9.79. The molecule has 2 aliphatic heterocycles. The van der Waals surface area contributed by atoms with Crippen molar-refractivity contribution < 1.29 is 9.59 Å². The van der Waals surface area contributed by atoms with E-state index in [1.165, 1.54) is 11.1 Å². The first-order valence-electron chi connectivity index (χ1n) is 9.85. The Bertz CT molecular complexity index is 678. The fourth-order valence-electron chi connectivity index (χ4n) is 4.35. The third-order valence-corrected chi connectivity index (χ3v) is 6.99. The molecule has 6 heteroatoms. The predicted molar refractivity (Wildman–Crippen MR) is 110 cm³/mol. The lowest BCUT2D eigenvalue weighted by Gasteiger charge is -2.39. The Balaban J connectivity index is 1.41. The maximum atomic E-state index is 12.5. The maximum absolute atomic E-state index is 12.5. The van der Waals surface area contributed by atoms with Crippen molar-refractivity contribution in [3.63, 3.8) is 0 Å². The van der Waals surface area contributed by atoms with Crippen molar-refractivity contribution in [3.8, 4) is 0 Å². The van der Waals surface area contributed by atoms with Gasteiger partial charge in [-0.3, -0.25) is 4.79 Å². The van der Waals surface area contributed by atoms with Crippen LogP contribution >= 0.6 is 15.9 Å². The van der Waals surface area contributed by atoms with E-state index in [-0.39, 0.29) is 11.9 Å². The summed E-state index contributed by atoms with van der Waals surface area (Å²) < 4.78 is 1.10. The topological polar surface area (TPSA) is 66.6 Å². The quantitative estimate of drug-likeness (QED) is 0.787. The molecule has 27 heavy (non-hydrogen) atoms. The second-order valence-corrected chi connectivity index (χ2v) is 8.67. The van der Waals surface area contributed by atoms with Crippen molar-refractivity contribution >= 4 is 27.9 Å². The first kappa shape index (κ1) is 20.2. The van der Waals surface area contributed by atoms with Gasteiger partial charge in [0.05, 0.1) is 6.42 Å². The van der Waals surface area contributed by atoms with Gasteiger partial charge in [0.1, 0.15) is 0 Å². The van der Waals surface area contributed by atoms with Crippen LogP contribution in [0.5, 0.6) is 0 Å². The summed E-state index contributed by atoms with van der Waals surface area (Å²) in [6.07, 6.45) is 6.70. The first-order valence-corrected chi connectivity index (χ1v) is 10.6. The molecule has 0 unspecified atom stereocenters. The van der Waals surface area contributed by atoms with E-state index in [1.807, 2.05) is 17.4 Å². The van der Waals surface area contributed by atoms with Gasteiger partial charge < -0.3 is 15.5 Å². The van der Waals surface area contributed by atoms with E-state index in [4.69, 9.17) is 5.73 Å². The summed E-state index contributed by atoms with van der Waals surface area (Å²) in [6.45, 7) is 5.30. The van der Waals surface area contributed by atoms with Gasteiger partial charge in [0.2, 0.25) is 5.91 Å². The van der Waals surface area contributed by atoms with Crippen molar-refractivity contribution in [2.45, 2.75) is 39.0 Å². The number of urea groups is 1. The van der Waals surface area contributed by atoms with E-state index in [1.54, 1.807) is 4.90 Å². The molecule has 5 nitrogen and oxygen atoms in total. The number of nitrogens with zero attached hydrogens (tertiary/aromatic N) is 2. The minimum Gasteiger partial charge on any atom is -0.351 e. The molecule has 0 aromatic heterocycles. The van der Waals surface area contributed by atoms with Crippen molar-refractivity contribution in [3.05, 3.63) is 40.2 Å². The number of rotatable bonds is 4. The summed E-state index contributed by atoms with van der Waals surface area (Å²) in [4.78, 5) is 27.5. The second-order valence-electron chi connectivity index (χ2n) is 7.82. The summed E-state index contributed by atoms with van der Waals surface area (Å²) >= 11 is 3.51. The molecule has 2 N–H and O–H groups in total. The van der Waals surface area contributed by atoms with Gasteiger partial charge in [0.15, 0.2) is 0 Å². The third-order valence-electron chi connectivity index (χ3n) is 6.10. The Morgan fingerprint density at radius 1 is 1.07 bits per heavy atom. The third kappa shape index (κ3) is 5.24. The van der Waals surface area contributed by atoms with Crippen LogP contribution in [0.1, 0.15) is 36.8 Å². The molecular weight excluding hydrogens is 406 g/mol. The number of hydrogen-bond acceptors (Lipinski definition) is 2. The first-order chi connectivity index (χ1) is 12.9. The lowest BCUT2D eigenvalue weighted by Crippen LogP contribution is -2.45. The highest BCUT2D eigenvalue weighted by Crippen LogP contribution is 2.32. The highest BCUT2D eigenvalue weighted by atomic mass is 79.9. The number of carbonyl (C=O) groups excluding carboxylic acids is 2. The molecule has 0 atom stereocenters. The van der Waals surface area contributed by atoms with E-state index in [9.17, 15) is 9.59 Å². The normalized spacial score (nSPS) is 19.3. The van der Waals surface area contributed by atoms with Gasteiger partial charge in [-0.05, 0) is 68.1 Å². The van der Waals surface area contributed by atoms with E-state index < -0.39 is 0 Å². The van der Waals surface area contributed by atoms with Crippen molar-refractivity contribution in [2.75, 3.05) is 26.2 Å². The van der Waals surface area contributed by atoms with Crippen LogP contribution in [-0.2, 0) is 11.2 Å². The fraction of sp³-hybridized carbons (Fsp3) is 0.571. The van der Waals surface area contributed by atoms with Gasteiger partial charge in [-0.2, -0.15) is 0 Å². The monoisotopic (exact) mass is 434 g/mol. The highest BCUT2D eigenvalue weighted by molar-refractivity contribution is 9.10. The molecule has 1 aromatic rings. The Kier molecular flexibility index (Phi) is 6.79. The Labute approximate surface area is 170 Å². The zero-order chi connectivity index (χ0) is 19.4. The SMILES string of the molecule is Cc1cc(C[CH]C(=O)N2CCC(C3CCN(C(N)=O)CC3)CC2)ccc1Br. The minimum absolute atomic E-state index is 0.151. The second kappa shape index (κ2) is 9.09. The number of piperidine rings is 2. The van der Waals surface area contributed by atoms with Crippen LogP contribution in [0.3, 0.4) is 0 Å². The number of likely N-dealkylation sites (tertiary alicyclic amines) is 2. The van der Waals surface area contributed by atoms with Crippen LogP contribution in [0.2, 0.25) is 0 Å². The van der Waals surface area contributed by atoms with E-state index in [2.05, 4.69) is 35.0 Å². The van der Waals surface area contributed by atoms with Crippen molar-refractivity contribution in [1.82, 2.24) is 9.80 Å². The molecule has 0 bridgehead atoms. The van der Waals surface area contributed by atoms with Crippen LogP contribution in [-0.4, -0.2) is 47.9 Å². The Morgan fingerprint density at radius 2 is 1.63 bits per heavy atom. The Hall–Kier alpha value is -1.56. The molecule has 0 saturated carbocycles. The van der Waals surface area contributed by atoms with Crippen molar-refractivity contribution in [2.24, 2.45) is 17.6 Å². The van der Waals surface area contributed by atoms with Gasteiger partial charge in [0.25, 0.3) is 0 Å². The molecule has 147 valence electrons. The fourth-order valence-corrected chi connectivity index (χ4v) is 4.60. The average molecular weight is 435 g/mol. The zero-order valence-electron chi connectivity index (χ0n) is 16.0. The summed E-state index contributed by atoms with van der Waals surface area (Å²) in [7, 11) is 0. The van der Waals surface area contributed by atoms with Crippen LogP contribution in [0.4, 0.5) is 4.79 Å². The van der Waals surface area contributed by atoms with Gasteiger partial charge in [-0.25, -0.2) is 4.79 Å². The number of primary amides is 1. The molecule has 1 aromatic carbocycles. The minimum atomic E-state index is -0.301. The summed E-state index contributed by atoms with van der Waals surface area (Å²) in [6, 6.07) is 5.92. The zero-order valence-corrected chi connectivity index (χ0v) is 17.6. The van der Waals surface area contributed by atoms with Crippen molar-refractivity contribution in [1.29, 1.82) is 0 Å². The lowest BCUT2D eigenvalue weighted by molar-refractivity contribution is -0.129. The molecular formula is C21H29BrN3O2. The average Bonchev–Trinajstić information content (AvgIpc) is 2.69. The van der Waals surface area contributed by atoms with Gasteiger partial charge in [-0.15, -0.1) is 0 Å². The summed E-state index contributed by atoms with van der Waals surface area (Å²) in [5.41, 5.74) is 7.72. The van der Waals surface area contributed by atoms with Crippen LogP contribution in [0.25, 0.3) is 0 Å². The molecule has 1 radical (unpaired) electrons. The number of carbonyl (C=O) groups is 2. The molecule has 3 amide bonds. The van der Waals surface area contributed by atoms with Crippen LogP contribution < -0.4 is 5.73 Å². The summed E-state index contributed by atoms with van der Waals surface area (Å²) in [5.74, 6) is 1.48. The van der Waals surface area contributed by atoms with Crippen LogP contribution in [0.15, 0.2) is 22.7 Å². The molecule has 0 spiro atoms. The molecule has 2 aliphatic rings. The number of amides is 3. The maximum Gasteiger partial charge on any atom is 0.314 e. The largest absolute Gasteiger partial charge is 0.351 e. The number of benzene rings is 1. The molecule has 2 saturated heterocycles. The molecule has 3 rings (SSSR count). The number of halogens is 1. The van der Waals surface area contributed by atoms with E-state index >= 15 is 0 Å². The standard InChI is InChI=1S/C21H29BrN3O2/c1-15-14-16(2-4-19(15)22)3-5-20(26)24-10-6-17(7-11-24)18-8-12-25(13-9-18)21(23)27/h2,4-5,14,17-18H,3,6-13H2,1H3,(H2,23,27). The smallest absolute Gasteiger partial charge is 0.314 e. The predicted octanol–water partition coefficient (Wildman–Crippen LogP) is 3.53. The number of aryl methyl sites for hydroxylation is 1. The van der Waals surface area contributed by atoms with Gasteiger partial charge in [-0.1, -0.05) is 28.1 Å². The number of hydrogen-bond donors (Lipinski definition) is 1. The molecule has 2 fully saturated rings. The van der Waals surface area contributed by atoms with E-state index in [0.717, 1.165) is 56.3 Å². The van der Waals surface area contributed by atoms with Crippen LogP contribution in [0, 0.1) is 25.2 Å². The summed E-state index contributed by atoms with van der Waals surface area (Å²) in [5, 5.41) is 0. The van der Waals surface area contributed by atoms with E-state index in [0.29, 0.717) is 18.3 Å². The molecule has 0 aliphatic carbocycles. The highest BCUT2D eigenvalue weighted by Gasteiger charge is 2.31. The number of nitrogens with two attached hydrogens (primary N) is 1.